The van der Waals surface area contributed by atoms with Gasteiger partial charge in [0, 0.05) is 30.8 Å². The summed E-state index contributed by atoms with van der Waals surface area (Å²) in [4.78, 5) is 23.5. The summed E-state index contributed by atoms with van der Waals surface area (Å²) in [6.07, 6.45) is 3.80. The number of likely N-dealkylation sites (tertiary alicyclic amines) is 1. The zero-order valence-corrected chi connectivity index (χ0v) is 17.4. The zero-order chi connectivity index (χ0) is 21.8. The molecule has 1 saturated heterocycles. The molecule has 0 bridgehead atoms. The molecule has 6 nitrogen and oxygen atoms in total. The number of rotatable bonds is 5. The maximum absolute atomic E-state index is 13.4. The quantitative estimate of drug-likeness (QED) is 0.679. The Labute approximate surface area is 180 Å². The lowest BCUT2D eigenvalue weighted by atomic mass is 9.89. The van der Waals surface area contributed by atoms with Crippen molar-refractivity contribution in [3.63, 3.8) is 0 Å². The Bertz CT molecular complexity index is 1050. The molecule has 1 aliphatic heterocycles. The number of hydrogen-bond donors (Lipinski definition) is 1. The monoisotopic (exact) mass is 420 g/mol. The van der Waals surface area contributed by atoms with E-state index in [-0.39, 0.29) is 23.6 Å². The number of piperidine rings is 1. The van der Waals surface area contributed by atoms with Crippen LogP contribution < -0.4 is 10.5 Å². The number of anilines is 1. The normalized spacial score (nSPS) is 16.2. The van der Waals surface area contributed by atoms with Gasteiger partial charge in [-0.05, 0) is 48.2 Å². The first-order chi connectivity index (χ1) is 15.0. The van der Waals surface area contributed by atoms with Crippen LogP contribution >= 0.6 is 0 Å². The lowest BCUT2D eigenvalue weighted by Crippen LogP contribution is -2.40. The summed E-state index contributed by atoms with van der Waals surface area (Å²) in [7, 11) is 1.62. The van der Waals surface area contributed by atoms with Gasteiger partial charge in [-0.25, -0.2) is 14.4 Å². The second-order valence-electron chi connectivity index (χ2n) is 7.74. The minimum absolute atomic E-state index is 0.0407. The summed E-state index contributed by atoms with van der Waals surface area (Å²) in [5.74, 6) is 0.792. The molecular formula is C24H25FN4O2. The molecule has 0 saturated carbocycles. The topological polar surface area (TPSA) is 81.3 Å². The van der Waals surface area contributed by atoms with Crippen LogP contribution in [0.5, 0.6) is 5.75 Å². The van der Waals surface area contributed by atoms with Crippen LogP contribution in [0.1, 0.15) is 30.0 Å². The first-order valence-corrected chi connectivity index (χ1v) is 10.3. The molecule has 1 amide bonds. The number of carbonyl (C=O) groups excluding carboxylic acids is 1. The van der Waals surface area contributed by atoms with Gasteiger partial charge in [0.15, 0.2) is 0 Å². The van der Waals surface area contributed by atoms with Crippen molar-refractivity contribution < 1.29 is 13.9 Å². The molecule has 0 radical (unpaired) electrons. The van der Waals surface area contributed by atoms with E-state index in [1.165, 1.54) is 12.1 Å². The van der Waals surface area contributed by atoms with Crippen molar-refractivity contribution in [2.24, 2.45) is 0 Å². The predicted molar refractivity (Wildman–Crippen MR) is 117 cm³/mol. The molecule has 2 N–H and O–H groups in total. The van der Waals surface area contributed by atoms with E-state index in [1.807, 2.05) is 29.2 Å². The summed E-state index contributed by atoms with van der Waals surface area (Å²) < 4.78 is 18.6. The molecular weight excluding hydrogens is 395 g/mol. The van der Waals surface area contributed by atoms with Crippen LogP contribution in [0.3, 0.4) is 0 Å². The van der Waals surface area contributed by atoms with Gasteiger partial charge < -0.3 is 15.4 Å². The van der Waals surface area contributed by atoms with Gasteiger partial charge in [0.05, 0.1) is 19.2 Å². The van der Waals surface area contributed by atoms with Crippen LogP contribution in [0.15, 0.2) is 54.7 Å². The van der Waals surface area contributed by atoms with Gasteiger partial charge in [-0.15, -0.1) is 0 Å². The second kappa shape index (κ2) is 9.12. The van der Waals surface area contributed by atoms with E-state index in [0.29, 0.717) is 13.0 Å². The summed E-state index contributed by atoms with van der Waals surface area (Å²) in [5, 5.41) is 0. The molecule has 1 unspecified atom stereocenters. The molecule has 7 heteroatoms. The number of amides is 1. The number of methoxy groups -OCH3 is 1. The number of aromatic nitrogens is 2. The van der Waals surface area contributed by atoms with Crippen LogP contribution in [0.4, 0.5) is 10.3 Å². The molecule has 1 aliphatic rings. The average Bonchev–Trinajstić information content (AvgIpc) is 2.80. The van der Waals surface area contributed by atoms with E-state index in [2.05, 4.69) is 9.97 Å². The van der Waals surface area contributed by atoms with Gasteiger partial charge in [-0.1, -0.05) is 24.3 Å². The maximum Gasteiger partial charge on any atom is 0.227 e. The van der Waals surface area contributed by atoms with Crippen LogP contribution in [-0.4, -0.2) is 41.0 Å². The SMILES string of the molecule is COc1ccc(CC(=O)N2CCCC(c3nc(N)ncc3-c3ccc(F)cc3)C2)cc1. The fourth-order valence-electron chi connectivity index (χ4n) is 4.03. The third kappa shape index (κ3) is 4.82. The molecule has 2 heterocycles. The van der Waals surface area contributed by atoms with Gasteiger partial charge >= 0.3 is 0 Å². The predicted octanol–water partition coefficient (Wildman–Crippen LogP) is 3.82. The van der Waals surface area contributed by atoms with Crippen LogP contribution in [0, 0.1) is 5.82 Å². The number of carbonyl (C=O) groups is 1. The van der Waals surface area contributed by atoms with Gasteiger partial charge in [0.2, 0.25) is 11.9 Å². The van der Waals surface area contributed by atoms with E-state index in [4.69, 9.17) is 10.5 Å². The number of halogens is 1. The van der Waals surface area contributed by atoms with Crippen molar-refractivity contribution >= 4 is 11.9 Å². The van der Waals surface area contributed by atoms with Gasteiger partial charge in [0.25, 0.3) is 0 Å². The first kappa shape index (κ1) is 20.8. The number of hydrogen-bond acceptors (Lipinski definition) is 5. The Morgan fingerprint density at radius 1 is 1.19 bits per heavy atom. The van der Waals surface area contributed by atoms with Crippen LogP contribution in [0.25, 0.3) is 11.1 Å². The van der Waals surface area contributed by atoms with E-state index < -0.39 is 0 Å². The summed E-state index contributed by atoms with van der Waals surface area (Å²) in [6, 6.07) is 13.8. The fourth-order valence-corrected chi connectivity index (χ4v) is 4.03. The highest BCUT2D eigenvalue weighted by molar-refractivity contribution is 5.79. The molecule has 1 fully saturated rings. The zero-order valence-electron chi connectivity index (χ0n) is 17.4. The van der Waals surface area contributed by atoms with E-state index in [0.717, 1.165) is 47.5 Å². The Kier molecular flexibility index (Phi) is 6.11. The Hall–Kier alpha value is -3.48. The van der Waals surface area contributed by atoms with E-state index >= 15 is 0 Å². The molecule has 1 aromatic heterocycles. The summed E-state index contributed by atoms with van der Waals surface area (Å²) in [6.45, 7) is 1.29. The van der Waals surface area contributed by atoms with Gasteiger partial charge in [0.1, 0.15) is 11.6 Å². The molecule has 2 aromatic carbocycles. The molecule has 1 atom stereocenters. The van der Waals surface area contributed by atoms with Crippen molar-refractivity contribution in [1.82, 2.24) is 14.9 Å². The number of benzene rings is 2. The largest absolute Gasteiger partial charge is 0.497 e. The Balaban J connectivity index is 1.53. The number of nitrogen functional groups attached to an aromatic ring is 1. The van der Waals surface area contributed by atoms with Crippen LogP contribution in [0.2, 0.25) is 0 Å². The van der Waals surface area contributed by atoms with Gasteiger partial charge in [-0.2, -0.15) is 0 Å². The summed E-state index contributed by atoms with van der Waals surface area (Å²) in [5.41, 5.74) is 9.29. The third-order valence-corrected chi connectivity index (χ3v) is 5.67. The maximum atomic E-state index is 13.4. The number of ether oxygens (including phenoxy) is 1. The highest BCUT2D eigenvalue weighted by Gasteiger charge is 2.28. The molecule has 160 valence electrons. The smallest absolute Gasteiger partial charge is 0.227 e. The minimum atomic E-state index is -0.297. The van der Waals surface area contributed by atoms with Crippen molar-refractivity contribution in [2.45, 2.75) is 25.2 Å². The fraction of sp³-hybridized carbons (Fsp3) is 0.292. The van der Waals surface area contributed by atoms with Crippen molar-refractivity contribution in [2.75, 3.05) is 25.9 Å². The van der Waals surface area contributed by atoms with Gasteiger partial charge in [-0.3, -0.25) is 4.79 Å². The molecule has 31 heavy (non-hydrogen) atoms. The standard InChI is InChI=1S/C24H25FN4O2/c1-31-20-10-4-16(5-11-20)13-22(30)29-12-2-3-18(15-29)23-21(14-27-24(26)28-23)17-6-8-19(25)9-7-17/h4-11,14,18H,2-3,12-13,15H2,1H3,(H2,26,27,28). The second-order valence-corrected chi connectivity index (χ2v) is 7.74. The molecule has 3 aromatic rings. The average molecular weight is 420 g/mol. The van der Waals surface area contributed by atoms with E-state index in [9.17, 15) is 9.18 Å². The van der Waals surface area contributed by atoms with Crippen molar-refractivity contribution in [3.8, 4) is 16.9 Å². The highest BCUT2D eigenvalue weighted by Crippen LogP contribution is 2.33. The van der Waals surface area contributed by atoms with Crippen molar-refractivity contribution in [1.29, 1.82) is 0 Å². The Morgan fingerprint density at radius 2 is 1.94 bits per heavy atom. The molecule has 4 rings (SSSR count). The third-order valence-electron chi connectivity index (χ3n) is 5.67. The number of nitrogens with two attached hydrogens (primary N) is 1. The minimum Gasteiger partial charge on any atom is -0.497 e. The summed E-state index contributed by atoms with van der Waals surface area (Å²) >= 11 is 0. The van der Waals surface area contributed by atoms with Crippen LogP contribution in [-0.2, 0) is 11.2 Å². The first-order valence-electron chi connectivity index (χ1n) is 10.3. The highest BCUT2D eigenvalue weighted by atomic mass is 19.1. The molecule has 0 aliphatic carbocycles. The lowest BCUT2D eigenvalue weighted by Gasteiger charge is -2.33. The van der Waals surface area contributed by atoms with Crippen molar-refractivity contribution in [3.05, 3.63) is 71.8 Å². The Morgan fingerprint density at radius 3 is 2.65 bits per heavy atom. The van der Waals surface area contributed by atoms with E-state index in [1.54, 1.807) is 25.4 Å². The molecule has 0 spiro atoms. The lowest BCUT2D eigenvalue weighted by molar-refractivity contribution is -0.131. The number of nitrogens with zero attached hydrogens (tertiary/aromatic N) is 3.